The monoisotopic (exact) mass is 453 g/mol. The Hall–Kier alpha value is -2.79. The number of halogens is 1. The van der Waals surface area contributed by atoms with Crippen LogP contribution in [-0.2, 0) is 9.53 Å². The number of hydrogen-bond acceptors (Lipinski definition) is 6. The fraction of sp³-hybridized carbons (Fsp3) is 0.417. The lowest BCUT2D eigenvalue weighted by atomic mass is 10.0. The van der Waals surface area contributed by atoms with Crippen molar-refractivity contribution in [3.8, 4) is 17.2 Å². The molecule has 0 unspecified atom stereocenters. The summed E-state index contributed by atoms with van der Waals surface area (Å²) >= 11 is 6.58. The summed E-state index contributed by atoms with van der Waals surface area (Å²) in [4.78, 5) is 17.1. The lowest BCUT2D eigenvalue weighted by Crippen LogP contribution is -2.43. The molecule has 1 amide bonds. The summed E-state index contributed by atoms with van der Waals surface area (Å²) in [6.45, 7) is 4.57. The van der Waals surface area contributed by atoms with E-state index in [0.29, 0.717) is 18.0 Å². The van der Waals surface area contributed by atoms with E-state index in [2.05, 4.69) is 39.8 Å². The topological polar surface area (TPSA) is 80.6 Å². The molecule has 2 aromatic carbocycles. The second kappa shape index (κ2) is 10.2. The minimum Gasteiger partial charge on any atom is -0.380 e. The number of methoxy groups -OCH3 is 1. The average molecular weight is 454 g/mol. The van der Waals surface area contributed by atoms with E-state index >= 15 is 0 Å². The molecule has 7 nitrogen and oxygen atoms in total. The molecule has 2 aromatic rings. The Morgan fingerprint density at radius 2 is 1.94 bits per heavy atom. The Morgan fingerprint density at radius 1 is 1.22 bits per heavy atom. The van der Waals surface area contributed by atoms with Crippen LogP contribution in [0.4, 0.5) is 11.4 Å². The first kappa shape index (κ1) is 22.4. The van der Waals surface area contributed by atoms with Crippen molar-refractivity contribution in [2.75, 3.05) is 56.2 Å². The SMILES string of the molecule is CO[C@@H]1C[C@@H](C(=O)NCC#N)N(c2cc(-c3ccc(N4CCNCC4)cc3)ccc2Cl)C1. The number of nitrogens with one attached hydrogen (secondary N) is 2. The Morgan fingerprint density at radius 3 is 2.62 bits per heavy atom. The average Bonchev–Trinajstić information content (AvgIpc) is 3.28. The van der Waals surface area contributed by atoms with Gasteiger partial charge in [-0.3, -0.25) is 4.79 Å². The van der Waals surface area contributed by atoms with E-state index < -0.39 is 6.04 Å². The van der Waals surface area contributed by atoms with Gasteiger partial charge in [0.1, 0.15) is 12.6 Å². The van der Waals surface area contributed by atoms with Crippen LogP contribution in [0.5, 0.6) is 0 Å². The van der Waals surface area contributed by atoms with Gasteiger partial charge in [0, 0.05) is 51.9 Å². The van der Waals surface area contributed by atoms with Gasteiger partial charge in [-0.25, -0.2) is 0 Å². The number of anilines is 2. The van der Waals surface area contributed by atoms with E-state index in [9.17, 15) is 4.79 Å². The third-order valence-corrected chi connectivity index (χ3v) is 6.50. The molecule has 2 saturated heterocycles. The number of carbonyl (C=O) groups is 1. The summed E-state index contributed by atoms with van der Waals surface area (Å²) in [5, 5.41) is 15.5. The van der Waals surface area contributed by atoms with E-state index in [-0.39, 0.29) is 18.6 Å². The molecule has 2 aliphatic heterocycles. The van der Waals surface area contributed by atoms with Gasteiger partial charge in [0.25, 0.3) is 0 Å². The van der Waals surface area contributed by atoms with Gasteiger partial charge in [-0.2, -0.15) is 5.26 Å². The van der Waals surface area contributed by atoms with E-state index in [1.807, 2.05) is 29.2 Å². The van der Waals surface area contributed by atoms with E-state index in [1.165, 1.54) is 5.69 Å². The molecule has 0 spiro atoms. The maximum atomic E-state index is 12.7. The molecule has 2 aliphatic rings. The molecule has 0 aromatic heterocycles. The zero-order valence-corrected chi connectivity index (χ0v) is 18.9. The smallest absolute Gasteiger partial charge is 0.243 e. The summed E-state index contributed by atoms with van der Waals surface area (Å²) < 4.78 is 5.53. The lowest BCUT2D eigenvalue weighted by molar-refractivity contribution is -0.122. The lowest BCUT2D eigenvalue weighted by Gasteiger charge is -2.29. The number of rotatable bonds is 6. The normalized spacial score (nSPS) is 20.8. The van der Waals surface area contributed by atoms with Gasteiger partial charge in [-0.05, 0) is 35.4 Å². The van der Waals surface area contributed by atoms with Crippen molar-refractivity contribution in [3.05, 3.63) is 47.5 Å². The highest BCUT2D eigenvalue weighted by Crippen LogP contribution is 2.36. The maximum Gasteiger partial charge on any atom is 0.243 e. The van der Waals surface area contributed by atoms with Gasteiger partial charge in [0.05, 0.1) is 22.9 Å². The summed E-state index contributed by atoms with van der Waals surface area (Å²) in [6.07, 6.45) is 0.471. The Balaban J connectivity index is 1.59. The van der Waals surface area contributed by atoms with Gasteiger partial charge < -0.3 is 25.2 Å². The molecule has 32 heavy (non-hydrogen) atoms. The highest BCUT2D eigenvalue weighted by Gasteiger charge is 2.38. The molecule has 0 bridgehead atoms. The number of amides is 1. The quantitative estimate of drug-likeness (QED) is 0.654. The molecule has 4 rings (SSSR count). The largest absolute Gasteiger partial charge is 0.380 e. The predicted octanol–water partition coefficient (Wildman–Crippen LogP) is 2.65. The van der Waals surface area contributed by atoms with Crippen LogP contribution >= 0.6 is 11.6 Å². The van der Waals surface area contributed by atoms with Crippen LogP contribution in [0.3, 0.4) is 0 Å². The number of nitrogens with zero attached hydrogens (tertiary/aromatic N) is 3. The van der Waals surface area contributed by atoms with Gasteiger partial charge in [-0.15, -0.1) is 0 Å². The molecule has 168 valence electrons. The standard InChI is InChI=1S/C24H28ClN5O2/c1-32-20-15-23(24(31)28-9-8-26)30(16-20)22-14-18(4-7-21(22)25)17-2-5-19(6-3-17)29-12-10-27-11-13-29/h2-7,14,20,23,27H,9-13,15-16H2,1H3,(H,28,31)/t20-,23+/m1/s1. The minimum atomic E-state index is -0.434. The number of carbonyl (C=O) groups excluding carboxylic acids is 1. The molecule has 2 atom stereocenters. The predicted molar refractivity (Wildman–Crippen MR) is 127 cm³/mol. The van der Waals surface area contributed by atoms with Crippen LogP contribution in [0.2, 0.25) is 5.02 Å². The highest BCUT2D eigenvalue weighted by molar-refractivity contribution is 6.33. The fourth-order valence-corrected chi connectivity index (χ4v) is 4.65. The summed E-state index contributed by atoms with van der Waals surface area (Å²) in [5.41, 5.74) is 4.15. The van der Waals surface area contributed by atoms with Crippen molar-refractivity contribution in [2.24, 2.45) is 0 Å². The Kier molecular flexibility index (Phi) is 7.15. The molecule has 0 saturated carbocycles. The van der Waals surface area contributed by atoms with Crippen molar-refractivity contribution in [1.82, 2.24) is 10.6 Å². The van der Waals surface area contributed by atoms with Crippen molar-refractivity contribution >= 4 is 28.9 Å². The third kappa shape index (κ3) is 4.83. The summed E-state index contributed by atoms with van der Waals surface area (Å²) in [7, 11) is 1.65. The second-order valence-corrected chi connectivity index (χ2v) is 8.49. The van der Waals surface area contributed by atoms with Crippen LogP contribution in [0.25, 0.3) is 11.1 Å². The number of hydrogen-bond donors (Lipinski definition) is 2. The first-order valence-corrected chi connectivity index (χ1v) is 11.3. The molecule has 2 N–H and O–H groups in total. The van der Waals surface area contributed by atoms with Gasteiger partial charge in [0.15, 0.2) is 0 Å². The van der Waals surface area contributed by atoms with Crippen LogP contribution in [-0.4, -0.2) is 64.4 Å². The van der Waals surface area contributed by atoms with E-state index in [0.717, 1.165) is 43.0 Å². The molecule has 2 heterocycles. The number of ether oxygens (including phenoxy) is 1. The molecule has 0 radical (unpaired) electrons. The molecular formula is C24H28ClN5O2. The van der Waals surface area contributed by atoms with Crippen molar-refractivity contribution in [3.63, 3.8) is 0 Å². The number of benzene rings is 2. The molecule has 8 heteroatoms. The molecule has 2 fully saturated rings. The van der Waals surface area contributed by atoms with Gasteiger partial charge in [0.2, 0.25) is 5.91 Å². The zero-order chi connectivity index (χ0) is 22.5. The highest BCUT2D eigenvalue weighted by atomic mass is 35.5. The Bertz CT molecular complexity index is 985. The minimum absolute atomic E-state index is 0.0198. The fourth-order valence-electron chi connectivity index (χ4n) is 4.43. The third-order valence-electron chi connectivity index (χ3n) is 6.18. The number of nitriles is 1. The first-order valence-electron chi connectivity index (χ1n) is 10.9. The molecular weight excluding hydrogens is 426 g/mol. The molecule has 0 aliphatic carbocycles. The second-order valence-electron chi connectivity index (χ2n) is 8.09. The van der Waals surface area contributed by atoms with Gasteiger partial charge >= 0.3 is 0 Å². The van der Waals surface area contributed by atoms with Crippen molar-refractivity contribution < 1.29 is 9.53 Å². The number of piperazine rings is 1. The summed E-state index contributed by atoms with van der Waals surface area (Å²) in [6, 6.07) is 16.0. The zero-order valence-electron chi connectivity index (χ0n) is 18.2. The van der Waals surface area contributed by atoms with Crippen LogP contribution in [0.15, 0.2) is 42.5 Å². The van der Waals surface area contributed by atoms with E-state index in [1.54, 1.807) is 7.11 Å². The van der Waals surface area contributed by atoms with Crippen LogP contribution in [0, 0.1) is 11.3 Å². The van der Waals surface area contributed by atoms with Crippen molar-refractivity contribution in [2.45, 2.75) is 18.6 Å². The Labute approximate surface area is 193 Å². The maximum absolute atomic E-state index is 12.7. The first-order chi connectivity index (χ1) is 15.6. The summed E-state index contributed by atoms with van der Waals surface area (Å²) in [5.74, 6) is -0.187. The van der Waals surface area contributed by atoms with Crippen LogP contribution in [0.1, 0.15) is 6.42 Å². The van der Waals surface area contributed by atoms with Gasteiger partial charge in [-0.1, -0.05) is 29.8 Å². The van der Waals surface area contributed by atoms with E-state index in [4.69, 9.17) is 21.6 Å². The van der Waals surface area contributed by atoms with Crippen LogP contribution < -0.4 is 20.4 Å². The van der Waals surface area contributed by atoms with Crippen molar-refractivity contribution in [1.29, 1.82) is 5.26 Å².